The molecule has 0 radical (unpaired) electrons. The Morgan fingerprint density at radius 3 is 2.52 bits per heavy atom. The highest BCUT2D eigenvalue weighted by atomic mass is 19.1. The van der Waals surface area contributed by atoms with Gasteiger partial charge in [-0.15, -0.1) is 0 Å². The first-order valence-electron chi connectivity index (χ1n) is 8.21. The molecule has 1 atom stereocenters. The van der Waals surface area contributed by atoms with Crippen LogP contribution in [0.3, 0.4) is 0 Å². The summed E-state index contributed by atoms with van der Waals surface area (Å²) in [5.74, 6) is 4.64. The van der Waals surface area contributed by atoms with Gasteiger partial charge in [0.05, 0.1) is 12.7 Å². The van der Waals surface area contributed by atoms with Crippen LogP contribution in [0.5, 0.6) is 0 Å². The molecule has 1 aliphatic carbocycles. The fourth-order valence-electron chi connectivity index (χ4n) is 2.56. The quantitative estimate of drug-likeness (QED) is 0.507. The van der Waals surface area contributed by atoms with E-state index in [2.05, 4.69) is 17.9 Å². The largest absolute Gasteiger partial charge is 0.463 e. The zero-order valence-electron chi connectivity index (χ0n) is 14.3. The number of halogens is 1. The molecule has 4 nitrogen and oxygen atoms in total. The van der Waals surface area contributed by atoms with Crippen molar-refractivity contribution in [3.8, 4) is 17.9 Å². The van der Waals surface area contributed by atoms with Crippen molar-refractivity contribution < 1.29 is 19.0 Å². The van der Waals surface area contributed by atoms with E-state index >= 15 is 0 Å². The Balaban J connectivity index is 2.44. The molecule has 130 valence electrons. The summed E-state index contributed by atoms with van der Waals surface area (Å²) in [6.07, 6.45) is 2.78. The normalized spacial score (nSPS) is 17.5. The van der Waals surface area contributed by atoms with Crippen LogP contribution in [0.1, 0.15) is 38.7 Å². The summed E-state index contributed by atoms with van der Waals surface area (Å²) in [5, 5.41) is 20.7. The number of aliphatic hydroxyl groups is 1. The molecule has 1 aromatic rings. The minimum absolute atomic E-state index is 0.261. The maximum absolute atomic E-state index is 13.2. The van der Waals surface area contributed by atoms with E-state index in [1.807, 2.05) is 6.92 Å². The number of ether oxygens (including phenoxy) is 1. The fourth-order valence-corrected chi connectivity index (χ4v) is 2.56. The van der Waals surface area contributed by atoms with Crippen molar-refractivity contribution >= 4 is 5.97 Å². The highest BCUT2D eigenvalue weighted by Crippen LogP contribution is 2.57. The van der Waals surface area contributed by atoms with Gasteiger partial charge in [0.2, 0.25) is 0 Å². The van der Waals surface area contributed by atoms with Crippen molar-refractivity contribution in [2.24, 2.45) is 5.41 Å². The Bertz CT molecular complexity index is 776. The molecule has 0 heterocycles. The molecule has 5 heteroatoms. The SMILES string of the molecule is CCOC(=O)/C=C(\C#CC(O)(c1ccc(F)cc1)C1(C#N)CC1)CC. The van der Waals surface area contributed by atoms with Crippen molar-refractivity contribution in [2.45, 2.75) is 38.7 Å². The lowest BCUT2D eigenvalue weighted by Gasteiger charge is -2.27. The highest BCUT2D eigenvalue weighted by Gasteiger charge is 2.60. The Morgan fingerprint density at radius 1 is 1.40 bits per heavy atom. The zero-order chi connectivity index (χ0) is 18.5. The molecular weight excluding hydrogens is 321 g/mol. The van der Waals surface area contributed by atoms with Gasteiger partial charge in [-0.1, -0.05) is 30.9 Å². The first-order chi connectivity index (χ1) is 11.9. The molecule has 1 saturated carbocycles. The van der Waals surface area contributed by atoms with E-state index in [-0.39, 0.29) is 6.61 Å². The molecular formula is C20H20FNO3. The third-order valence-corrected chi connectivity index (χ3v) is 4.28. The Morgan fingerprint density at radius 2 is 2.04 bits per heavy atom. The van der Waals surface area contributed by atoms with Crippen LogP contribution in [-0.2, 0) is 15.1 Å². The molecule has 1 N–H and O–H groups in total. The summed E-state index contributed by atoms with van der Waals surface area (Å²) in [6.45, 7) is 3.80. The fraction of sp³-hybridized carbons (Fsp3) is 0.400. The maximum atomic E-state index is 13.2. The van der Waals surface area contributed by atoms with Gasteiger partial charge in [0.15, 0.2) is 5.60 Å². The van der Waals surface area contributed by atoms with E-state index in [1.165, 1.54) is 30.3 Å². The van der Waals surface area contributed by atoms with Crippen LogP contribution < -0.4 is 0 Å². The van der Waals surface area contributed by atoms with Crippen LogP contribution in [0.4, 0.5) is 4.39 Å². The topological polar surface area (TPSA) is 70.3 Å². The number of nitriles is 1. The first-order valence-corrected chi connectivity index (χ1v) is 8.21. The molecule has 0 amide bonds. The predicted molar refractivity (Wildman–Crippen MR) is 90.4 cm³/mol. The number of rotatable bonds is 5. The Kier molecular flexibility index (Phi) is 5.62. The summed E-state index contributed by atoms with van der Waals surface area (Å²) in [5.41, 5.74) is -1.88. The summed E-state index contributed by atoms with van der Waals surface area (Å²) in [6, 6.07) is 7.47. The highest BCUT2D eigenvalue weighted by molar-refractivity contribution is 5.83. The molecule has 1 fully saturated rings. The van der Waals surface area contributed by atoms with Crippen molar-refractivity contribution in [1.29, 1.82) is 5.26 Å². The molecule has 0 saturated heterocycles. The zero-order valence-corrected chi connectivity index (χ0v) is 14.3. The second kappa shape index (κ2) is 7.51. The van der Waals surface area contributed by atoms with Gasteiger partial charge < -0.3 is 9.84 Å². The van der Waals surface area contributed by atoms with E-state index in [1.54, 1.807) is 6.92 Å². The summed E-state index contributed by atoms with van der Waals surface area (Å²) < 4.78 is 18.1. The Labute approximate surface area is 146 Å². The molecule has 2 rings (SSSR count). The summed E-state index contributed by atoms with van der Waals surface area (Å²) in [7, 11) is 0. The van der Waals surface area contributed by atoms with Crippen LogP contribution in [0.15, 0.2) is 35.9 Å². The van der Waals surface area contributed by atoms with Crippen molar-refractivity contribution in [3.63, 3.8) is 0 Å². The molecule has 1 aliphatic rings. The minimum atomic E-state index is -1.72. The molecule has 0 spiro atoms. The van der Waals surface area contributed by atoms with Gasteiger partial charge in [0, 0.05) is 11.6 Å². The molecule has 1 unspecified atom stereocenters. The van der Waals surface area contributed by atoms with Gasteiger partial charge in [0.25, 0.3) is 0 Å². The number of benzene rings is 1. The van der Waals surface area contributed by atoms with Gasteiger partial charge in [-0.2, -0.15) is 5.26 Å². The van der Waals surface area contributed by atoms with E-state index < -0.39 is 22.8 Å². The second-order valence-corrected chi connectivity index (χ2v) is 5.94. The Hall–Kier alpha value is -2.63. The number of nitrogens with zero attached hydrogens (tertiary/aromatic N) is 1. The van der Waals surface area contributed by atoms with Crippen LogP contribution in [0.2, 0.25) is 0 Å². The minimum Gasteiger partial charge on any atom is -0.463 e. The van der Waals surface area contributed by atoms with E-state index in [9.17, 15) is 19.6 Å². The van der Waals surface area contributed by atoms with Crippen LogP contribution in [-0.4, -0.2) is 17.7 Å². The molecule has 25 heavy (non-hydrogen) atoms. The van der Waals surface area contributed by atoms with Gasteiger partial charge in [-0.3, -0.25) is 0 Å². The molecule has 1 aromatic carbocycles. The molecule has 0 aromatic heterocycles. The second-order valence-electron chi connectivity index (χ2n) is 5.94. The van der Waals surface area contributed by atoms with Crippen LogP contribution in [0, 0.1) is 34.4 Å². The number of carbonyl (C=O) groups excluding carboxylic acids is 1. The van der Waals surface area contributed by atoms with E-state index in [0.29, 0.717) is 30.4 Å². The average Bonchev–Trinajstić information content (AvgIpc) is 3.40. The van der Waals surface area contributed by atoms with Crippen molar-refractivity contribution in [2.75, 3.05) is 6.61 Å². The number of hydrogen-bond acceptors (Lipinski definition) is 4. The van der Waals surface area contributed by atoms with E-state index in [4.69, 9.17) is 4.74 Å². The lowest BCUT2D eigenvalue weighted by atomic mass is 9.79. The lowest BCUT2D eigenvalue weighted by molar-refractivity contribution is -0.137. The summed E-state index contributed by atoms with van der Waals surface area (Å²) >= 11 is 0. The van der Waals surface area contributed by atoms with Crippen molar-refractivity contribution in [3.05, 3.63) is 47.3 Å². The average molecular weight is 341 g/mol. The van der Waals surface area contributed by atoms with Crippen LogP contribution in [0.25, 0.3) is 0 Å². The summed E-state index contributed by atoms with van der Waals surface area (Å²) in [4.78, 5) is 11.6. The van der Waals surface area contributed by atoms with E-state index in [0.717, 1.165) is 0 Å². The first kappa shape index (κ1) is 18.7. The van der Waals surface area contributed by atoms with Crippen molar-refractivity contribution in [1.82, 2.24) is 0 Å². The van der Waals surface area contributed by atoms with Gasteiger partial charge in [0.1, 0.15) is 11.2 Å². The monoisotopic (exact) mass is 341 g/mol. The number of allylic oxidation sites excluding steroid dienone is 1. The maximum Gasteiger partial charge on any atom is 0.331 e. The van der Waals surface area contributed by atoms with Crippen LogP contribution >= 0.6 is 0 Å². The van der Waals surface area contributed by atoms with Gasteiger partial charge >= 0.3 is 5.97 Å². The number of esters is 1. The predicted octanol–water partition coefficient (Wildman–Crippen LogP) is 3.22. The number of hydrogen-bond donors (Lipinski definition) is 1. The lowest BCUT2D eigenvalue weighted by Crippen LogP contribution is -2.34. The third-order valence-electron chi connectivity index (χ3n) is 4.28. The molecule has 0 aliphatic heterocycles. The third kappa shape index (κ3) is 3.90. The van der Waals surface area contributed by atoms with Gasteiger partial charge in [-0.25, -0.2) is 9.18 Å². The molecule has 0 bridgehead atoms. The smallest absolute Gasteiger partial charge is 0.331 e. The standard InChI is InChI=1S/C20H20FNO3/c1-3-15(13-18(23)25-4-2)9-10-20(24,19(14-22)11-12-19)16-5-7-17(21)8-6-16/h5-8,13,24H,3-4,11-12H2,1-2H3/b15-13-. The van der Waals surface area contributed by atoms with Gasteiger partial charge in [-0.05, 0) is 43.9 Å². The number of carbonyl (C=O) groups is 1.